The van der Waals surface area contributed by atoms with E-state index in [4.69, 9.17) is 14.0 Å². The average molecular weight is 402 g/mol. The number of hydrogen-bond donors (Lipinski definition) is 1. The van der Waals surface area contributed by atoms with Crippen LogP contribution in [0.4, 0.5) is 0 Å². The Kier molecular flexibility index (Phi) is 6.25. The van der Waals surface area contributed by atoms with E-state index in [1.165, 1.54) is 11.3 Å². The zero-order chi connectivity index (χ0) is 20.1. The Hall–Kier alpha value is -2.94. The average Bonchev–Trinajstić information content (AvgIpc) is 3.27. The molecule has 0 unspecified atom stereocenters. The van der Waals surface area contributed by atoms with Crippen LogP contribution in [-0.4, -0.2) is 41.8 Å². The summed E-state index contributed by atoms with van der Waals surface area (Å²) in [6.45, 7) is 4.31. The Morgan fingerprint density at radius 1 is 1.18 bits per heavy atom. The van der Waals surface area contributed by atoms with Gasteiger partial charge in [0.05, 0.1) is 31.3 Å². The Labute approximate surface area is 166 Å². The number of benzene rings is 1. The number of methoxy groups -OCH3 is 2. The predicted octanol–water partition coefficient (Wildman–Crippen LogP) is 2.73. The summed E-state index contributed by atoms with van der Waals surface area (Å²) < 4.78 is 15.8. The summed E-state index contributed by atoms with van der Waals surface area (Å²) in [7, 11) is 3.19. The first kappa shape index (κ1) is 19.8. The highest BCUT2D eigenvalue weighted by molar-refractivity contribution is 7.15. The van der Waals surface area contributed by atoms with Crippen molar-refractivity contribution in [1.29, 1.82) is 0 Å². The lowest BCUT2D eigenvalue weighted by Crippen LogP contribution is -2.27. The Bertz CT molecular complexity index is 967. The summed E-state index contributed by atoms with van der Waals surface area (Å²) in [5, 5.41) is 7.69. The molecular formula is C19H22N4O4S. The second kappa shape index (κ2) is 8.83. The maximum atomic E-state index is 12.2. The van der Waals surface area contributed by atoms with Crippen LogP contribution in [0.5, 0.6) is 11.5 Å². The first-order valence-electron chi connectivity index (χ1n) is 8.74. The van der Waals surface area contributed by atoms with Crippen molar-refractivity contribution in [2.75, 3.05) is 20.8 Å². The molecule has 1 N–H and O–H groups in total. The summed E-state index contributed by atoms with van der Waals surface area (Å²) in [5.41, 5.74) is 1.88. The minimum Gasteiger partial charge on any atom is -0.493 e. The number of carbonyl (C=O) groups is 1. The molecule has 0 spiro atoms. The number of ether oxygens (including phenoxy) is 2. The number of nitrogens with one attached hydrogen (secondary N) is 1. The van der Waals surface area contributed by atoms with Crippen LogP contribution in [0.15, 0.2) is 22.7 Å². The molecule has 0 atom stereocenters. The number of carbonyl (C=O) groups excluding carboxylic acids is 1. The van der Waals surface area contributed by atoms with Gasteiger partial charge in [0.15, 0.2) is 17.3 Å². The van der Waals surface area contributed by atoms with Gasteiger partial charge in [0, 0.05) is 6.54 Å². The lowest BCUT2D eigenvalue weighted by molar-refractivity contribution is -0.120. The van der Waals surface area contributed by atoms with E-state index in [1.54, 1.807) is 14.2 Å². The van der Waals surface area contributed by atoms with Gasteiger partial charge in [-0.15, -0.1) is 11.3 Å². The third-order valence-corrected chi connectivity index (χ3v) is 5.13. The number of amides is 1. The van der Waals surface area contributed by atoms with Crippen LogP contribution in [0.1, 0.15) is 22.1 Å². The molecule has 1 aromatic carbocycles. The van der Waals surface area contributed by atoms with Crippen LogP contribution in [-0.2, 0) is 17.6 Å². The van der Waals surface area contributed by atoms with E-state index < -0.39 is 0 Å². The van der Waals surface area contributed by atoms with Crippen molar-refractivity contribution in [3.63, 3.8) is 0 Å². The molecule has 28 heavy (non-hydrogen) atoms. The van der Waals surface area contributed by atoms with Crippen LogP contribution in [0.25, 0.3) is 10.8 Å². The molecule has 3 aromatic rings. The molecule has 0 bridgehead atoms. The lowest BCUT2D eigenvalue weighted by atomic mass is 10.1. The Balaban J connectivity index is 1.52. The molecule has 0 fully saturated rings. The van der Waals surface area contributed by atoms with Gasteiger partial charge in [-0.1, -0.05) is 11.2 Å². The van der Waals surface area contributed by atoms with E-state index in [0.717, 1.165) is 21.1 Å². The highest BCUT2D eigenvalue weighted by Crippen LogP contribution is 2.28. The van der Waals surface area contributed by atoms with Crippen LogP contribution in [0, 0.1) is 13.8 Å². The number of thiazole rings is 1. The monoisotopic (exact) mass is 402 g/mol. The summed E-state index contributed by atoms with van der Waals surface area (Å²) in [6.07, 6.45) is 0.731. The van der Waals surface area contributed by atoms with Crippen molar-refractivity contribution in [3.8, 4) is 22.3 Å². The lowest BCUT2D eigenvalue weighted by Gasteiger charge is -2.10. The smallest absolute Gasteiger partial charge is 0.269 e. The largest absolute Gasteiger partial charge is 0.493 e. The summed E-state index contributed by atoms with van der Waals surface area (Å²) in [5.74, 6) is 1.93. The number of hydrogen-bond acceptors (Lipinski definition) is 8. The molecule has 8 nitrogen and oxygen atoms in total. The Morgan fingerprint density at radius 2 is 1.96 bits per heavy atom. The number of aromatic nitrogens is 3. The number of rotatable bonds is 8. The van der Waals surface area contributed by atoms with Gasteiger partial charge in [-0.05, 0) is 38.0 Å². The SMILES string of the molecule is COc1ccc(CCNC(=O)Cc2noc(-c3sc(C)nc3C)n2)cc1OC. The topological polar surface area (TPSA) is 99.4 Å². The van der Waals surface area contributed by atoms with Crippen molar-refractivity contribution in [1.82, 2.24) is 20.4 Å². The molecule has 3 rings (SSSR count). The van der Waals surface area contributed by atoms with Crippen LogP contribution in [0.2, 0.25) is 0 Å². The van der Waals surface area contributed by atoms with Gasteiger partial charge >= 0.3 is 0 Å². The molecule has 2 heterocycles. The summed E-state index contributed by atoms with van der Waals surface area (Å²) in [4.78, 5) is 21.6. The van der Waals surface area contributed by atoms with Crippen molar-refractivity contribution in [2.45, 2.75) is 26.7 Å². The van der Waals surface area contributed by atoms with Crippen molar-refractivity contribution < 1.29 is 18.8 Å². The third kappa shape index (κ3) is 4.66. The number of aryl methyl sites for hydroxylation is 2. The van der Waals surface area contributed by atoms with Crippen molar-refractivity contribution in [2.24, 2.45) is 0 Å². The van der Waals surface area contributed by atoms with Crippen molar-refractivity contribution >= 4 is 17.2 Å². The molecule has 0 saturated carbocycles. The molecule has 0 aliphatic heterocycles. The van der Waals surface area contributed by atoms with E-state index in [-0.39, 0.29) is 12.3 Å². The van der Waals surface area contributed by atoms with Gasteiger partial charge in [0.2, 0.25) is 5.91 Å². The van der Waals surface area contributed by atoms with Gasteiger partial charge in [0.1, 0.15) is 4.88 Å². The molecule has 0 aliphatic rings. The van der Waals surface area contributed by atoms with E-state index in [2.05, 4.69) is 20.4 Å². The molecule has 1 amide bonds. The quantitative estimate of drug-likeness (QED) is 0.618. The van der Waals surface area contributed by atoms with E-state index >= 15 is 0 Å². The van der Waals surface area contributed by atoms with Crippen LogP contribution < -0.4 is 14.8 Å². The standard InChI is InChI=1S/C19H22N4O4S/c1-11-18(28-12(2)21-11)19-22-16(23-27-19)10-17(24)20-8-7-13-5-6-14(25-3)15(9-13)26-4/h5-6,9H,7-8,10H2,1-4H3,(H,20,24). The van der Waals surface area contributed by atoms with Crippen LogP contribution >= 0.6 is 11.3 Å². The normalized spacial score (nSPS) is 10.7. The highest BCUT2D eigenvalue weighted by atomic mass is 32.1. The fourth-order valence-corrected chi connectivity index (χ4v) is 3.58. The minimum atomic E-state index is -0.162. The van der Waals surface area contributed by atoms with E-state index in [9.17, 15) is 4.79 Å². The minimum absolute atomic E-state index is 0.0618. The van der Waals surface area contributed by atoms with Crippen LogP contribution in [0.3, 0.4) is 0 Å². The molecule has 0 radical (unpaired) electrons. The fraction of sp³-hybridized carbons (Fsp3) is 0.368. The summed E-state index contributed by atoms with van der Waals surface area (Å²) in [6, 6.07) is 5.69. The number of nitrogens with zero attached hydrogens (tertiary/aromatic N) is 3. The third-order valence-electron chi connectivity index (χ3n) is 4.07. The predicted molar refractivity (Wildman–Crippen MR) is 105 cm³/mol. The molecule has 0 saturated heterocycles. The highest BCUT2D eigenvalue weighted by Gasteiger charge is 2.16. The van der Waals surface area contributed by atoms with Gasteiger partial charge in [-0.25, -0.2) is 4.98 Å². The second-order valence-electron chi connectivity index (χ2n) is 6.13. The fourth-order valence-electron chi connectivity index (χ4n) is 2.74. The maximum Gasteiger partial charge on any atom is 0.269 e. The maximum absolute atomic E-state index is 12.2. The first-order chi connectivity index (χ1) is 13.5. The van der Waals surface area contributed by atoms with Gasteiger partial charge < -0.3 is 19.3 Å². The Morgan fingerprint density at radius 3 is 2.64 bits per heavy atom. The van der Waals surface area contributed by atoms with E-state index in [1.807, 2.05) is 32.0 Å². The van der Waals surface area contributed by atoms with Gasteiger partial charge in [-0.3, -0.25) is 4.79 Å². The zero-order valence-electron chi connectivity index (χ0n) is 16.2. The molecule has 148 valence electrons. The van der Waals surface area contributed by atoms with Crippen molar-refractivity contribution in [3.05, 3.63) is 40.3 Å². The van der Waals surface area contributed by atoms with Gasteiger partial charge in [0.25, 0.3) is 5.89 Å². The molecular weight excluding hydrogens is 380 g/mol. The van der Waals surface area contributed by atoms with E-state index in [0.29, 0.717) is 36.2 Å². The molecule has 2 aromatic heterocycles. The summed E-state index contributed by atoms with van der Waals surface area (Å²) >= 11 is 1.49. The zero-order valence-corrected chi connectivity index (χ0v) is 17.1. The molecule has 9 heteroatoms. The first-order valence-corrected chi connectivity index (χ1v) is 9.56. The molecule has 0 aliphatic carbocycles. The second-order valence-corrected chi connectivity index (χ2v) is 7.33. The van der Waals surface area contributed by atoms with Gasteiger partial charge in [-0.2, -0.15) is 4.98 Å².